The molecule has 0 atom stereocenters. The first kappa shape index (κ1) is 13.7. The Morgan fingerprint density at radius 3 is 2.68 bits per heavy atom. The van der Waals surface area contributed by atoms with E-state index in [1.807, 2.05) is 6.92 Å². The molecule has 2 aromatic rings. The maximum absolute atomic E-state index is 13.5. The van der Waals surface area contributed by atoms with E-state index in [9.17, 15) is 9.18 Å². The molecular formula is C14H14ClFN2O. The Labute approximate surface area is 116 Å². The Morgan fingerprint density at radius 1 is 1.42 bits per heavy atom. The maximum Gasteiger partial charge on any atom is 0.171 e. The Kier molecular flexibility index (Phi) is 4.00. The number of hydrogen-bond donors (Lipinski definition) is 0. The lowest BCUT2D eigenvalue weighted by Gasteiger charge is -2.03. The van der Waals surface area contributed by atoms with E-state index in [0.29, 0.717) is 17.1 Å². The van der Waals surface area contributed by atoms with Gasteiger partial charge in [0, 0.05) is 7.05 Å². The van der Waals surface area contributed by atoms with Gasteiger partial charge in [0.2, 0.25) is 0 Å². The quantitative estimate of drug-likeness (QED) is 0.806. The first-order valence-corrected chi connectivity index (χ1v) is 6.40. The number of aryl methyl sites for hydroxylation is 2. The van der Waals surface area contributed by atoms with Gasteiger partial charge in [0.1, 0.15) is 5.82 Å². The summed E-state index contributed by atoms with van der Waals surface area (Å²) in [4.78, 5) is 12.1. The Hall–Kier alpha value is -1.68. The molecule has 19 heavy (non-hydrogen) atoms. The summed E-state index contributed by atoms with van der Waals surface area (Å²) < 4.78 is 15.1. The first-order valence-electron chi connectivity index (χ1n) is 6.02. The average molecular weight is 281 g/mol. The van der Waals surface area contributed by atoms with E-state index in [0.717, 1.165) is 5.69 Å². The number of rotatable bonds is 4. The molecule has 0 aliphatic rings. The third kappa shape index (κ3) is 2.68. The van der Waals surface area contributed by atoms with Crippen LogP contribution in [-0.2, 0) is 19.9 Å². The molecule has 0 radical (unpaired) electrons. The Balaban J connectivity index is 2.30. The first-order chi connectivity index (χ1) is 9.04. The van der Waals surface area contributed by atoms with Crippen molar-refractivity contribution in [3.8, 4) is 0 Å². The van der Waals surface area contributed by atoms with Crippen LogP contribution in [0.4, 0.5) is 4.39 Å². The molecule has 2 rings (SSSR count). The van der Waals surface area contributed by atoms with E-state index in [4.69, 9.17) is 11.6 Å². The molecule has 0 bridgehead atoms. The number of benzene rings is 1. The molecule has 100 valence electrons. The second kappa shape index (κ2) is 5.53. The zero-order valence-corrected chi connectivity index (χ0v) is 11.5. The Bertz CT molecular complexity index is 622. The fourth-order valence-corrected chi connectivity index (χ4v) is 2.31. The van der Waals surface area contributed by atoms with E-state index in [1.54, 1.807) is 23.9 Å². The third-order valence-electron chi connectivity index (χ3n) is 3.01. The van der Waals surface area contributed by atoms with Crippen LogP contribution in [0.3, 0.4) is 0 Å². The van der Waals surface area contributed by atoms with Crippen LogP contribution in [0.25, 0.3) is 0 Å². The number of aromatic nitrogens is 2. The standard InChI is InChI=1S/C14H14ClFN2O/c1-3-11-14(15)12(18(2)17-11)8-13(19)9-6-4-5-7-10(9)16/h4-7H,3,8H2,1-2H3. The van der Waals surface area contributed by atoms with Crippen LogP contribution < -0.4 is 0 Å². The molecule has 0 aliphatic heterocycles. The molecule has 1 heterocycles. The number of carbonyl (C=O) groups is 1. The smallest absolute Gasteiger partial charge is 0.171 e. The van der Waals surface area contributed by atoms with Crippen molar-refractivity contribution >= 4 is 17.4 Å². The summed E-state index contributed by atoms with van der Waals surface area (Å²) in [7, 11) is 1.73. The van der Waals surface area contributed by atoms with E-state index in [-0.39, 0.29) is 17.8 Å². The van der Waals surface area contributed by atoms with Crippen molar-refractivity contribution in [3.63, 3.8) is 0 Å². The van der Waals surface area contributed by atoms with Crippen molar-refractivity contribution in [2.45, 2.75) is 19.8 Å². The van der Waals surface area contributed by atoms with Crippen LogP contribution in [0.2, 0.25) is 5.02 Å². The highest BCUT2D eigenvalue weighted by Gasteiger charge is 2.18. The van der Waals surface area contributed by atoms with Crippen molar-refractivity contribution in [3.05, 3.63) is 52.1 Å². The molecule has 0 saturated heterocycles. The molecule has 0 N–H and O–H groups in total. The van der Waals surface area contributed by atoms with Gasteiger partial charge in [0.15, 0.2) is 5.78 Å². The van der Waals surface area contributed by atoms with Gasteiger partial charge in [-0.1, -0.05) is 30.7 Å². The van der Waals surface area contributed by atoms with Crippen LogP contribution >= 0.6 is 11.6 Å². The minimum Gasteiger partial charge on any atom is -0.294 e. The number of halogens is 2. The summed E-state index contributed by atoms with van der Waals surface area (Å²) in [5, 5.41) is 4.73. The van der Waals surface area contributed by atoms with Crippen LogP contribution in [0.15, 0.2) is 24.3 Å². The van der Waals surface area contributed by atoms with Crippen molar-refractivity contribution in [1.29, 1.82) is 0 Å². The van der Waals surface area contributed by atoms with Crippen LogP contribution in [0, 0.1) is 5.82 Å². The predicted octanol–water partition coefficient (Wildman–Crippen LogP) is 3.20. The summed E-state index contributed by atoms with van der Waals surface area (Å²) in [6, 6.07) is 5.94. The number of carbonyl (C=O) groups excluding carboxylic acids is 1. The summed E-state index contributed by atoms with van der Waals surface area (Å²) >= 11 is 6.17. The second-order valence-electron chi connectivity index (χ2n) is 4.26. The van der Waals surface area contributed by atoms with Crippen molar-refractivity contribution in [2.75, 3.05) is 0 Å². The van der Waals surface area contributed by atoms with Crippen LogP contribution in [0.5, 0.6) is 0 Å². The molecule has 0 fully saturated rings. The van der Waals surface area contributed by atoms with Crippen molar-refractivity contribution < 1.29 is 9.18 Å². The molecule has 0 amide bonds. The number of ketones is 1. The highest BCUT2D eigenvalue weighted by Crippen LogP contribution is 2.22. The lowest BCUT2D eigenvalue weighted by molar-refractivity contribution is 0.0987. The molecule has 0 unspecified atom stereocenters. The molecule has 3 nitrogen and oxygen atoms in total. The average Bonchev–Trinajstić information content (AvgIpc) is 2.66. The van der Waals surface area contributed by atoms with Gasteiger partial charge in [-0.2, -0.15) is 5.10 Å². The van der Waals surface area contributed by atoms with Crippen molar-refractivity contribution in [1.82, 2.24) is 9.78 Å². The SMILES string of the molecule is CCc1nn(C)c(CC(=O)c2ccccc2F)c1Cl. The van der Waals surface area contributed by atoms with Crippen LogP contribution in [-0.4, -0.2) is 15.6 Å². The normalized spacial score (nSPS) is 10.7. The van der Waals surface area contributed by atoms with Gasteiger partial charge < -0.3 is 0 Å². The second-order valence-corrected chi connectivity index (χ2v) is 4.64. The van der Waals surface area contributed by atoms with Crippen molar-refractivity contribution in [2.24, 2.45) is 7.05 Å². The van der Waals surface area contributed by atoms with Gasteiger partial charge in [0.25, 0.3) is 0 Å². The largest absolute Gasteiger partial charge is 0.294 e. The van der Waals surface area contributed by atoms with E-state index < -0.39 is 5.82 Å². The topological polar surface area (TPSA) is 34.9 Å². The Morgan fingerprint density at radius 2 is 2.11 bits per heavy atom. The third-order valence-corrected chi connectivity index (χ3v) is 3.44. The van der Waals surface area contributed by atoms with Gasteiger partial charge in [-0.05, 0) is 18.6 Å². The number of hydrogen-bond acceptors (Lipinski definition) is 2. The fourth-order valence-electron chi connectivity index (χ4n) is 1.95. The molecule has 5 heteroatoms. The molecule has 0 saturated carbocycles. The lowest BCUT2D eigenvalue weighted by atomic mass is 10.1. The zero-order valence-electron chi connectivity index (χ0n) is 10.8. The summed E-state index contributed by atoms with van der Waals surface area (Å²) in [5.74, 6) is -0.813. The summed E-state index contributed by atoms with van der Waals surface area (Å²) in [6.07, 6.45) is 0.740. The molecular weight excluding hydrogens is 267 g/mol. The fraction of sp³-hybridized carbons (Fsp3) is 0.286. The monoisotopic (exact) mass is 280 g/mol. The van der Waals surface area contributed by atoms with E-state index >= 15 is 0 Å². The van der Waals surface area contributed by atoms with Gasteiger partial charge in [-0.3, -0.25) is 9.48 Å². The van der Waals surface area contributed by atoms with Gasteiger partial charge in [-0.25, -0.2) is 4.39 Å². The number of nitrogens with zero attached hydrogens (tertiary/aromatic N) is 2. The van der Waals surface area contributed by atoms with E-state index in [1.165, 1.54) is 12.1 Å². The lowest BCUT2D eigenvalue weighted by Crippen LogP contribution is -2.09. The maximum atomic E-state index is 13.5. The van der Waals surface area contributed by atoms with Gasteiger partial charge >= 0.3 is 0 Å². The molecule has 0 spiro atoms. The van der Waals surface area contributed by atoms with Crippen LogP contribution in [0.1, 0.15) is 28.7 Å². The predicted molar refractivity (Wildman–Crippen MR) is 72.0 cm³/mol. The number of Topliss-reactive ketones (excluding diaryl/α,β-unsaturated/α-hetero) is 1. The van der Waals surface area contributed by atoms with Gasteiger partial charge in [0.05, 0.1) is 28.4 Å². The summed E-state index contributed by atoms with van der Waals surface area (Å²) in [6.45, 7) is 1.94. The zero-order chi connectivity index (χ0) is 14.0. The minimum absolute atomic E-state index is 0.0449. The molecule has 1 aromatic heterocycles. The highest BCUT2D eigenvalue weighted by atomic mass is 35.5. The molecule has 1 aromatic carbocycles. The highest BCUT2D eigenvalue weighted by molar-refractivity contribution is 6.32. The minimum atomic E-state index is -0.512. The van der Waals surface area contributed by atoms with Gasteiger partial charge in [-0.15, -0.1) is 0 Å². The van der Waals surface area contributed by atoms with E-state index in [2.05, 4.69) is 5.10 Å². The summed E-state index contributed by atoms with van der Waals surface area (Å²) in [5.41, 5.74) is 1.45. The molecule has 0 aliphatic carbocycles.